The van der Waals surface area contributed by atoms with Gasteiger partial charge in [0, 0.05) is 11.9 Å². The number of aromatic nitrogens is 2. The molecule has 0 radical (unpaired) electrons. The molecular formula is C19H22N4O. The standard InChI is InChI=1S/C19H22N4O/c1-13-9-10-16-15(11-13)18(22-21-16)19(24)20-12-17(23(2)3)14-7-5-4-6-8-14/h4-11,17H,12H2,1-3H3,(H,20,24)(H,21,22). The fourth-order valence-electron chi connectivity index (χ4n) is 2.85. The predicted octanol–water partition coefficient (Wildman–Crippen LogP) is 2.90. The van der Waals surface area contributed by atoms with E-state index in [1.807, 2.05) is 57.4 Å². The van der Waals surface area contributed by atoms with Crippen LogP contribution in [0.4, 0.5) is 0 Å². The molecule has 2 aromatic carbocycles. The van der Waals surface area contributed by atoms with Crippen LogP contribution in [0.25, 0.3) is 10.9 Å². The van der Waals surface area contributed by atoms with Gasteiger partial charge in [0.2, 0.25) is 0 Å². The van der Waals surface area contributed by atoms with Gasteiger partial charge in [-0.1, -0.05) is 42.0 Å². The van der Waals surface area contributed by atoms with Crippen LogP contribution in [0.1, 0.15) is 27.7 Å². The molecule has 0 aliphatic carbocycles. The molecule has 0 bridgehead atoms. The number of aromatic amines is 1. The highest BCUT2D eigenvalue weighted by atomic mass is 16.1. The van der Waals surface area contributed by atoms with Gasteiger partial charge >= 0.3 is 0 Å². The Morgan fingerprint density at radius 3 is 2.67 bits per heavy atom. The van der Waals surface area contributed by atoms with Crippen molar-refractivity contribution >= 4 is 16.8 Å². The number of hydrogen-bond donors (Lipinski definition) is 2. The van der Waals surface area contributed by atoms with Gasteiger partial charge in [-0.15, -0.1) is 0 Å². The molecule has 1 atom stereocenters. The van der Waals surface area contributed by atoms with Gasteiger partial charge in [-0.3, -0.25) is 9.89 Å². The average molecular weight is 322 g/mol. The Bertz CT molecular complexity index is 839. The minimum atomic E-state index is -0.158. The molecule has 3 aromatic rings. The third-order valence-corrected chi connectivity index (χ3v) is 4.20. The van der Waals surface area contributed by atoms with Crippen molar-refractivity contribution in [3.05, 3.63) is 65.4 Å². The Balaban J connectivity index is 1.77. The third kappa shape index (κ3) is 3.31. The van der Waals surface area contributed by atoms with Crippen LogP contribution in [0.3, 0.4) is 0 Å². The highest BCUT2D eigenvalue weighted by Gasteiger charge is 2.18. The average Bonchev–Trinajstić information content (AvgIpc) is 2.98. The van der Waals surface area contributed by atoms with Crippen molar-refractivity contribution in [1.29, 1.82) is 0 Å². The number of carbonyl (C=O) groups excluding carboxylic acids is 1. The van der Waals surface area contributed by atoms with Crippen LogP contribution in [-0.4, -0.2) is 41.6 Å². The van der Waals surface area contributed by atoms with E-state index in [4.69, 9.17) is 0 Å². The number of amides is 1. The van der Waals surface area contributed by atoms with E-state index in [2.05, 4.69) is 32.5 Å². The van der Waals surface area contributed by atoms with Gasteiger partial charge in [0.25, 0.3) is 5.91 Å². The Morgan fingerprint density at radius 2 is 1.96 bits per heavy atom. The number of fused-ring (bicyclic) bond motifs is 1. The third-order valence-electron chi connectivity index (χ3n) is 4.20. The van der Waals surface area contributed by atoms with Crippen LogP contribution in [0, 0.1) is 6.92 Å². The summed E-state index contributed by atoms with van der Waals surface area (Å²) in [5, 5.41) is 11.0. The SMILES string of the molecule is Cc1ccc2[nH]nc(C(=O)NCC(c3ccccc3)N(C)C)c2c1. The smallest absolute Gasteiger partial charge is 0.272 e. The zero-order valence-electron chi connectivity index (χ0n) is 14.2. The lowest BCUT2D eigenvalue weighted by molar-refractivity contribution is 0.0938. The van der Waals surface area contributed by atoms with Crippen molar-refractivity contribution < 1.29 is 4.79 Å². The number of likely N-dealkylation sites (N-methyl/N-ethyl adjacent to an activating group) is 1. The van der Waals surface area contributed by atoms with Gasteiger partial charge in [0.15, 0.2) is 5.69 Å². The minimum absolute atomic E-state index is 0.113. The number of nitrogens with zero attached hydrogens (tertiary/aromatic N) is 2. The van der Waals surface area contributed by atoms with E-state index in [9.17, 15) is 4.79 Å². The maximum absolute atomic E-state index is 12.6. The number of benzene rings is 2. The minimum Gasteiger partial charge on any atom is -0.349 e. The largest absolute Gasteiger partial charge is 0.349 e. The van der Waals surface area contributed by atoms with E-state index < -0.39 is 0 Å². The normalized spacial score (nSPS) is 12.5. The van der Waals surface area contributed by atoms with Gasteiger partial charge in [-0.25, -0.2) is 0 Å². The fraction of sp³-hybridized carbons (Fsp3) is 0.263. The molecule has 2 N–H and O–H groups in total. The van der Waals surface area contributed by atoms with E-state index in [1.54, 1.807) is 0 Å². The topological polar surface area (TPSA) is 61.0 Å². The molecule has 3 rings (SSSR count). The number of H-pyrrole nitrogens is 1. The van der Waals surface area contributed by atoms with Crippen LogP contribution >= 0.6 is 0 Å². The molecule has 5 nitrogen and oxygen atoms in total. The maximum atomic E-state index is 12.6. The summed E-state index contributed by atoms with van der Waals surface area (Å²) in [7, 11) is 4.02. The van der Waals surface area contributed by atoms with Crippen molar-refractivity contribution in [2.45, 2.75) is 13.0 Å². The molecular weight excluding hydrogens is 300 g/mol. The van der Waals surface area contributed by atoms with Crippen LogP contribution in [0.15, 0.2) is 48.5 Å². The first-order valence-corrected chi connectivity index (χ1v) is 8.00. The summed E-state index contributed by atoms with van der Waals surface area (Å²) >= 11 is 0. The molecule has 0 aliphatic heterocycles. The Kier molecular flexibility index (Phi) is 4.62. The summed E-state index contributed by atoms with van der Waals surface area (Å²) in [5.74, 6) is -0.158. The summed E-state index contributed by atoms with van der Waals surface area (Å²) in [6.07, 6.45) is 0. The van der Waals surface area contributed by atoms with Gasteiger partial charge in [0.05, 0.1) is 11.6 Å². The Labute approximate surface area is 141 Å². The van der Waals surface area contributed by atoms with Crippen molar-refractivity contribution in [2.24, 2.45) is 0 Å². The second-order valence-corrected chi connectivity index (χ2v) is 6.22. The summed E-state index contributed by atoms with van der Waals surface area (Å²) in [6, 6.07) is 16.2. The van der Waals surface area contributed by atoms with Crippen LogP contribution < -0.4 is 5.32 Å². The summed E-state index contributed by atoms with van der Waals surface area (Å²) in [5.41, 5.74) is 3.59. The lowest BCUT2D eigenvalue weighted by Crippen LogP contribution is -2.34. The van der Waals surface area contributed by atoms with Crippen molar-refractivity contribution in [3.8, 4) is 0 Å². The number of carbonyl (C=O) groups is 1. The molecule has 5 heteroatoms. The molecule has 24 heavy (non-hydrogen) atoms. The molecule has 0 spiro atoms. The van der Waals surface area contributed by atoms with Crippen LogP contribution in [0.2, 0.25) is 0 Å². The van der Waals surface area contributed by atoms with E-state index in [0.717, 1.165) is 16.5 Å². The van der Waals surface area contributed by atoms with Gasteiger partial charge in [0.1, 0.15) is 0 Å². The maximum Gasteiger partial charge on any atom is 0.272 e. The van der Waals surface area contributed by atoms with E-state index >= 15 is 0 Å². The number of aryl methyl sites for hydroxylation is 1. The van der Waals surface area contributed by atoms with E-state index in [1.165, 1.54) is 5.56 Å². The second-order valence-electron chi connectivity index (χ2n) is 6.22. The molecule has 1 amide bonds. The number of hydrogen-bond acceptors (Lipinski definition) is 3. The monoisotopic (exact) mass is 322 g/mol. The molecule has 1 aromatic heterocycles. The predicted molar refractivity (Wildman–Crippen MR) is 96.0 cm³/mol. The highest BCUT2D eigenvalue weighted by Crippen LogP contribution is 2.19. The summed E-state index contributed by atoms with van der Waals surface area (Å²) in [4.78, 5) is 14.7. The molecule has 1 heterocycles. The van der Waals surface area contributed by atoms with Crippen molar-refractivity contribution in [1.82, 2.24) is 20.4 Å². The first-order chi connectivity index (χ1) is 11.6. The molecule has 1 unspecified atom stereocenters. The first kappa shape index (κ1) is 16.2. The lowest BCUT2D eigenvalue weighted by atomic mass is 10.1. The van der Waals surface area contributed by atoms with E-state index in [-0.39, 0.29) is 11.9 Å². The molecule has 0 fully saturated rings. The Hall–Kier alpha value is -2.66. The highest BCUT2D eigenvalue weighted by molar-refractivity contribution is 6.04. The molecule has 0 saturated heterocycles. The van der Waals surface area contributed by atoms with Crippen molar-refractivity contribution in [2.75, 3.05) is 20.6 Å². The summed E-state index contributed by atoms with van der Waals surface area (Å²) in [6.45, 7) is 2.53. The second kappa shape index (κ2) is 6.84. The summed E-state index contributed by atoms with van der Waals surface area (Å²) < 4.78 is 0. The van der Waals surface area contributed by atoms with Crippen LogP contribution in [-0.2, 0) is 0 Å². The van der Waals surface area contributed by atoms with Crippen LogP contribution in [0.5, 0.6) is 0 Å². The fourth-order valence-corrected chi connectivity index (χ4v) is 2.85. The van der Waals surface area contributed by atoms with Gasteiger partial charge in [-0.2, -0.15) is 5.10 Å². The quantitative estimate of drug-likeness (QED) is 0.759. The molecule has 0 aliphatic rings. The zero-order valence-corrected chi connectivity index (χ0v) is 14.2. The number of rotatable bonds is 5. The van der Waals surface area contributed by atoms with Gasteiger partial charge in [-0.05, 0) is 38.7 Å². The number of nitrogens with one attached hydrogen (secondary N) is 2. The lowest BCUT2D eigenvalue weighted by Gasteiger charge is -2.25. The van der Waals surface area contributed by atoms with Crippen molar-refractivity contribution in [3.63, 3.8) is 0 Å². The van der Waals surface area contributed by atoms with E-state index in [0.29, 0.717) is 12.2 Å². The van der Waals surface area contributed by atoms with Gasteiger partial charge < -0.3 is 10.2 Å². The molecule has 0 saturated carbocycles. The first-order valence-electron chi connectivity index (χ1n) is 8.00. The Morgan fingerprint density at radius 1 is 1.21 bits per heavy atom. The molecule has 124 valence electrons. The zero-order chi connectivity index (χ0) is 17.1.